The Labute approximate surface area is 183 Å². The minimum atomic E-state index is -0.216. The van der Waals surface area contributed by atoms with Gasteiger partial charge in [0, 0.05) is 17.7 Å². The topological polar surface area (TPSA) is 37.3 Å². The lowest BCUT2D eigenvalue weighted by Crippen LogP contribution is -2.21. The van der Waals surface area contributed by atoms with E-state index in [1.807, 2.05) is 13.0 Å². The Morgan fingerprint density at radius 2 is 1.63 bits per heavy atom. The van der Waals surface area contributed by atoms with Crippen molar-refractivity contribution in [1.29, 1.82) is 0 Å². The summed E-state index contributed by atoms with van der Waals surface area (Å²) in [5.41, 5.74) is 5.87. The Morgan fingerprint density at radius 3 is 2.20 bits per heavy atom. The van der Waals surface area contributed by atoms with Crippen LogP contribution in [0, 0.1) is 25.6 Å². The zero-order chi connectivity index (χ0) is 21.8. The number of halogens is 1. The summed E-state index contributed by atoms with van der Waals surface area (Å²) in [6.07, 6.45) is 3.48. The number of ketones is 1. The van der Waals surface area contributed by atoms with Gasteiger partial charge in [-0.25, -0.2) is 4.39 Å². The standard InChI is InChI=1S/C26H31FO2S/c1-5-19-9-16(3)10-20(6-2)25(19)26-23(28)13-18(14-24(26)29)7-8-30-22-12-17(4)11-21(27)15-22/h9-12,15,18,28H,5-8,13-14H2,1-4H3. The van der Waals surface area contributed by atoms with Gasteiger partial charge >= 0.3 is 0 Å². The van der Waals surface area contributed by atoms with Crippen molar-refractivity contribution in [3.63, 3.8) is 0 Å². The van der Waals surface area contributed by atoms with Crippen molar-refractivity contribution in [1.82, 2.24) is 0 Å². The van der Waals surface area contributed by atoms with Gasteiger partial charge in [0.25, 0.3) is 0 Å². The maximum absolute atomic E-state index is 13.6. The molecule has 0 radical (unpaired) electrons. The zero-order valence-electron chi connectivity index (χ0n) is 18.3. The minimum Gasteiger partial charge on any atom is -0.512 e. The fourth-order valence-electron chi connectivity index (χ4n) is 4.41. The van der Waals surface area contributed by atoms with E-state index in [4.69, 9.17) is 0 Å². The highest BCUT2D eigenvalue weighted by Crippen LogP contribution is 2.38. The number of carbonyl (C=O) groups excluding carboxylic acids is 1. The summed E-state index contributed by atoms with van der Waals surface area (Å²) in [7, 11) is 0. The quantitative estimate of drug-likeness (QED) is 0.484. The second kappa shape index (κ2) is 9.82. The van der Waals surface area contributed by atoms with Crippen molar-refractivity contribution in [2.45, 2.75) is 64.7 Å². The molecule has 0 bridgehead atoms. The van der Waals surface area contributed by atoms with Crippen LogP contribution in [0.25, 0.3) is 5.57 Å². The van der Waals surface area contributed by atoms with Crippen LogP contribution in [0.1, 0.15) is 60.9 Å². The molecule has 0 heterocycles. The molecule has 0 saturated carbocycles. The average molecular weight is 427 g/mol. The maximum Gasteiger partial charge on any atom is 0.167 e. The number of benzene rings is 2. The van der Waals surface area contributed by atoms with Crippen molar-refractivity contribution in [3.05, 3.63) is 69.7 Å². The molecule has 1 atom stereocenters. The molecular formula is C26H31FO2S. The molecular weight excluding hydrogens is 395 g/mol. The number of thioether (sulfide) groups is 1. The lowest BCUT2D eigenvalue weighted by molar-refractivity contribution is -0.115. The molecule has 30 heavy (non-hydrogen) atoms. The zero-order valence-corrected chi connectivity index (χ0v) is 19.2. The van der Waals surface area contributed by atoms with E-state index in [1.165, 1.54) is 11.6 Å². The Morgan fingerprint density at radius 1 is 1.00 bits per heavy atom. The fourth-order valence-corrected chi connectivity index (χ4v) is 5.56. The van der Waals surface area contributed by atoms with Gasteiger partial charge < -0.3 is 5.11 Å². The molecule has 2 nitrogen and oxygen atoms in total. The van der Waals surface area contributed by atoms with Crippen LogP contribution in [0.5, 0.6) is 0 Å². The molecule has 0 aliphatic heterocycles. The third kappa shape index (κ3) is 5.15. The van der Waals surface area contributed by atoms with Crippen LogP contribution >= 0.6 is 11.8 Å². The summed E-state index contributed by atoms with van der Waals surface area (Å²) in [6, 6.07) is 9.31. The smallest absolute Gasteiger partial charge is 0.167 e. The molecule has 4 heteroatoms. The summed E-state index contributed by atoms with van der Waals surface area (Å²) in [5.74, 6) is 0.991. The van der Waals surface area contributed by atoms with Gasteiger partial charge in [-0.2, -0.15) is 0 Å². The van der Waals surface area contributed by atoms with Gasteiger partial charge in [0.2, 0.25) is 0 Å². The molecule has 160 valence electrons. The highest BCUT2D eigenvalue weighted by molar-refractivity contribution is 7.99. The largest absolute Gasteiger partial charge is 0.512 e. The normalized spacial score (nSPS) is 17.0. The third-order valence-electron chi connectivity index (χ3n) is 5.79. The van der Waals surface area contributed by atoms with Gasteiger partial charge in [0.05, 0.1) is 5.57 Å². The molecule has 1 aliphatic rings. The van der Waals surface area contributed by atoms with E-state index in [1.54, 1.807) is 17.8 Å². The SMILES string of the molecule is CCc1cc(C)cc(CC)c1C1=C(O)CC(CCSc2cc(C)cc(F)c2)CC1=O. The number of allylic oxidation sites excluding steroid dienone is 2. The first-order chi connectivity index (χ1) is 14.3. The number of aliphatic hydroxyl groups excluding tert-OH is 1. The monoisotopic (exact) mass is 426 g/mol. The van der Waals surface area contributed by atoms with Crippen molar-refractivity contribution in [3.8, 4) is 0 Å². The minimum absolute atomic E-state index is 0.0450. The molecule has 1 unspecified atom stereocenters. The van der Waals surface area contributed by atoms with Gasteiger partial charge in [-0.15, -0.1) is 11.8 Å². The van der Waals surface area contributed by atoms with Crippen LogP contribution in [0.2, 0.25) is 0 Å². The third-order valence-corrected chi connectivity index (χ3v) is 6.80. The van der Waals surface area contributed by atoms with Gasteiger partial charge in [-0.3, -0.25) is 4.79 Å². The Kier molecular flexibility index (Phi) is 7.41. The summed E-state index contributed by atoms with van der Waals surface area (Å²) in [5, 5.41) is 10.9. The maximum atomic E-state index is 13.6. The number of Topliss-reactive ketones (excluding diaryl/α,β-unsaturated/α-hetero) is 1. The van der Waals surface area contributed by atoms with Crippen LogP contribution in [0.3, 0.4) is 0 Å². The van der Waals surface area contributed by atoms with Crippen molar-refractivity contribution in [2.75, 3.05) is 5.75 Å². The molecule has 1 aliphatic carbocycles. The Bertz CT molecular complexity index is 932. The Balaban J connectivity index is 1.75. The predicted molar refractivity (Wildman–Crippen MR) is 124 cm³/mol. The number of hydrogen-bond acceptors (Lipinski definition) is 3. The highest BCUT2D eigenvalue weighted by atomic mass is 32.2. The lowest BCUT2D eigenvalue weighted by Gasteiger charge is -2.26. The van der Waals surface area contributed by atoms with E-state index >= 15 is 0 Å². The first-order valence-electron chi connectivity index (χ1n) is 10.8. The average Bonchev–Trinajstić information content (AvgIpc) is 2.67. The molecule has 0 aromatic heterocycles. The molecule has 1 N–H and O–H groups in total. The summed E-state index contributed by atoms with van der Waals surface area (Å²) in [4.78, 5) is 14.0. The Hall–Kier alpha value is -2.07. The van der Waals surface area contributed by atoms with E-state index in [0.29, 0.717) is 18.4 Å². The van der Waals surface area contributed by atoms with Gasteiger partial charge in [0.15, 0.2) is 5.78 Å². The van der Waals surface area contributed by atoms with E-state index in [9.17, 15) is 14.3 Å². The second-order valence-electron chi connectivity index (χ2n) is 8.29. The summed E-state index contributed by atoms with van der Waals surface area (Å²) < 4.78 is 13.6. The first kappa shape index (κ1) is 22.6. The molecule has 3 rings (SSSR count). The molecule has 0 fully saturated rings. The van der Waals surface area contributed by atoms with Crippen LogP contribution in [-0.2, 0) is 17.6 Å². The van der Waals surface area contributed by atoms with Gasteiger partial charge in [0.1, 0.15) is 11.6 Å². The molecule has 0 spiro atoms. The summed E-state index contributed by atoms with van der Waals surface area (Å²) >= 11 is 1.61. The predicted octanol–water partition coefficient (Wildman–Crippen LogP) is 7.00. The van der Waals surface area contributed by atoms with Gasteiger partial charge in [-0.1, -0.05) is 31.5 Å². The van der Waals surface area contributed by atoms with Gasteiger partial charge in [-0.05, 0) is 85.2 Å². The van der Waals surface area contributed by atoms with Crippen LogP contribution in [0.4, 0.5) is 4.39 Å². The fraction of sp³-hybridized carbons (Fsp3) is 0.423. The molecule has 2 aromatic carbocycles. The number of carbonyl (C=O) groups is 1. The van der Waals surface area contributed by atoms with E-state index in [-0.39, 0.29) is 23.3 Å². The van der Waals surface area contributed by atoms with E-state index in [2.05, 4.69) is 32.9 Å². The van der Waals surface area contributed by atoms with Crippen LogP contribution < -0.4 is 0 Å². The first-order valence-corrected chi connectivity index (χ1v) is 11.8. The van der Waals surface area contributed by atoms with E-state index in [0.717, 1.165) is 52.2 Å². The van der Waals surface area contributed by atoms with Crippen molar-refractivity contribution < 1.29 is 14.3 Å². The van der Waals surface area contributed by atoms with Crippen molar-refractivity contribution >= 4 is 23.1 Å². The van der Waals surface area contributed by atoms with Crippen LogP contribution in [0.15, 0.2) is 41.0 Å². The van der Waals surface area contributed by atoms with E-state index < -0.39 is 0 Å². The number of hydrogen-bond donors (Lipinski definition) is 1. The molecule has 0 saturated heterocycles. The number of aryl methyl sites for hydroxylation is 4. The highest BCUT2D eigenvalue weighted by Gasteiger charge is 2.30. The second-order valence-corrected chi connectivity index (χ2v) is 9.45. The summed E-state index contributed by atoms with van der Waals surface area (Å²) in [6.45, 7) is 8.15. The van der Waals surface area contributed by atoms with Crippen LogP contribution in [-0.4, -0.2) is 16.6 Å². The lowest BCUT2D eigenvalue weighted by atomic mass is 9.79. The number of rotatable bonds is 7. The molecule has 2 aromatic rings. The van der Waals surface area contributed by atoms with Crippen molar-refractivity contribution in [2.24, 2.45) is 5.92 Å². The molecule has 0 amide bonds. The number of aliphatic hydroxyl groups is 1.